The molecule has 2 N–H and O–H groups in total. The van der Waals surface area contributed by atoms with Crippen LogP contribution in [-0.2, 0) is 21.4 Å². The van der Waals surface area contributed by atoms with Crippen LogP contribution in [0.25, 0.3) is 10.9 Å². The second kappa shape index (κ2) is 7.86. The molecule has 0 atom stereocenters. The zero-order chi connectivity index (χ0) is 20.5. The number of anilines is 1. The van der Waals surface area contributed by atoms with Gasteiger partial charge in [0.2, 0.25) is 15.9 Å². The monoisotopic (exact) mass is 463 g/mol. The lowest BCUT2D eigenvalue weighted by molar-refractivity contribution is -0.116. The Morgan fingerprint density at radius 1 is 1.14 bits per heavy atom. The highest BCUT2D eigenvalue weighted by atomic mass is 79.9. The summed E-state index contributed by atoms with van der Waals surface area (Å²) in [6.07, 6.45) is 1.56. The highest BCUT2D eigenvalue weighted by molar-refractivity contribution is 9.10. The number of hydrogen-bond donors (Lipinski definition) is 2. The van der Waals surface area contributed by atoms with E-state index >= 15 is 0 Å². The van der Waals surface area contributed by atoms with Crippen LogP contribution in [0, 0.1) is 6.92 Å². The van der Waals surface area contributed by atoms with Crippen LogP contribution in [0.1, 0.15) is 5.56 Å². The van der Waals surface area contributed by atoms with Crippen molar-refractivity contribution in [2.45, 2.75) is 18.4 Å². The Kier molecular flexibility index (Phi) is 5.69. The van der Waals surface area contributed by atoms with Gasteiger partial charge in [-0.2, -0.15) is 0 Å². The fourth-order valence-corrected chi connectivity index (χ4v) is 3.90. The molecule has 0 aliphatic carbocycles. The Hall–Kier alpha value is -2.49. The lowest BCUT2D eigenvalue weighted by Crippen LogP contribution is -2.22. The van der Waals surface area contributed by atoms with Crippen LogP contribution < -0.4 is 15.5 Å². The predicted molar refractivity (Wildman–Crippen MR) is 112 cm³/mol. The number of aryl methyl sites for hydroxylation is 1. The molecule has 146 valence electrons. The van der Waals surface area contributed by atoms with Crippen LogP contribution in [0.5, 0.6) is 0 Å². The molecule has 3 rings (SSSR count). The second-order valence-electron chi connectivity index (χ2n) is 6.20. The van der Waals surface area contributed by atoms with Crippen LogP contribution in [0.3, 0.4) is 0 Å². The van der Waals surface area contributed by atoms with Gasteiger partial charge >= 0.3 is 0 Å². The number of halogens is 1. The van der Waals surface area contributed by atoms with Gasteiger partial charge in [-0.3, -0.25) is 9.59 Å². The number of rotatable bonds is 5. The third-order valence-electron chi connectivity index (χ3n) is 4.32. The van der Waals surface area contributed by atoms with Gasteiger partial charge in [0.1, 0.15) is 6.54 Å². The van der Waals surface area contributed by atoms with Crippen LogP contribution in [0.4, 0.5) is 5.69 Å². The quantitative estimate of drug-likeness (QED) is 0.607. The number of nitrogens with one attached hydrogen (secondary N) is 2. The van der Waals surface area contributed by atoms with Crippen molar-refractivity contribution in [3.05, 3.63) is 68.9 Å². The highest BCUT2D eigenvalue weighted by Gasteiger charge is 2.15. The molecule has 3 aromatic rings. The molecule has 28 heavy (non-hydrogen) atoms. The van der Waals surface area contributed by atoms with E-state index in [1.54, 1.807) is 42.0 Å². The van der Waals surface area contributed by atoms with E-state index in [4.69, 9.17) is 0 Å². The van der Waals surface area contributed by atoms with Crippen molar-refractivity contribution in [3.63, 3.8) is 0 Å². The summed E-state index contributed by atoms with van der Waals surface area (Å²) in [5, 5.41) is 3.25. The summed E-state index contributed by atoms with van der Waals surface area (Å²) in [6, 6.07) is 11.2. The Labute approximate surface area is 170 Å². The van der Waals surface area contributed by atoms with E-state index in [0.29, 0.717) is 16.6 Å². The van der Waals surface area contributed by atoms with E-state index in [9.17, 15) is 18.0 Å². The topological polar surface area (TPSA) is 97.3 Å². The van der Waals surface area contributed by atoms with Crippen LogP contribution >= 0.6 is 15.9 Å². The van der Waals surface area contributed by atoms with Crippen molar-refractivity contribution in [2.24, 2.45) is 0 Å². The Morgan fingerprint density at radius 2 is 1.89 bits per heavy atom. The number of carbonyl (C=O) groups is 1. The largest absolute Gasteiger partial charge is 0.338 e. The molecule has 1 aromatic heterocycles. The summed E-state index contributed by atoms with van der Waals surface area (Å²) in [5.41, 5.74) is 1.65. The maximum absolute atomic E-state index is 12.6. The average molecular weight is 464 g/mol. The molecule has 0 unspecified atom stereocenters. The maximum Gasteiger partial charge on any atom is 0.244 e. The molecular weight excluding hydrogens is 446 g/mol. The minimum atomic E-state index is -3.62. The standard InChI is InChI=1S/C19H18BrN3O4S/c1-12-3-5-14(28(26,27)21-2)10-16(12)22-19(25)11-23-8-7-18(24)15-9-13(20)4-6-17(15)23/h3-10,21H,11H2,1-2H3,(H,22,25). The number of sulfonamides is 1. The van der Waals surface area contributed by atoms with E-state index in [1.807, 2.05) is 0 Å². The lowest BCUT2D eigenvalue weighted by Gasteiger charge is -2.13. The maximum atomic E-state index is 12.6. The number of hydrogen-bond acceptors (Lipinski definition) is 4. The first-order valence-electron chi connectivity index (χ1n) is 8.34. The van der Waals surface area contributed by atoms with E-state index in [1.165, 1.54) is 25.2 Å². The number of benzene rings is 2. The molecule has 0 spiro atoms. The predicted octanol–water partition coefficient (Wildman–Crippen LogP) is 2.62. The van der Waals surface area contributed by atoms with E-state index in [2.05, 4.69) is 26.0 Å². The molecule has 1 amide bonds. The molecule has 0 radical (unpaired) electrons. The summed E-state index contributed by atoms with van der Waals surface area (Å²) in [6.45, 7) is 1.75. The summed E-state index contributed by atoms with van der Waals surface area (Å²) in [4.78, 5) is 24.7. The Balaban J connectivity index is 1.90. The minimum absolute atomic E-state index is 0.0269. The van der Waals surface area contributed by atoms with Gasteiger partial charge in [0.25, 0.3) is 0 Å². The molecule has 0 saturated heterocycles. The van der Waals surface area contributed by atoms with Gasteiger partial charge in [-0.25, -0.2) is 13.1 Å². The van der Waals surface area contributed by atoms with Gasteiger partial charge in [0.05, 0.1) is 10.4 Å². The number of pyridine rings is 1. The van der Waals surface area contributed by atoms with Gasteiger partial charge < -0.3 is 9.88 Å². The summed E-state index contributed by atoms with van der Waals surface area (Å²) < 4.78 is 28.7. The SMILES string of the molecule is CNS(=O)(=O)c1ccc(C)c(NC(=O)Cn2ccc(=O)c3cc(Br)ccc32)c1. The van der Waals surface area contributed by atoms with Crippen molar-refractivity contribution < 1.29 is 13.2 Å². The normalized spacial score (nSPS) is 11.5. The molecule has 0 aliphatic rings. The first-order valence-corrected chi connectivity index (χ1v) is 10.6. The molecule has 0 saturated carbocycles. The average Bonchev–Trinajstić information content (AvgIpc) is 2.66. The molecule has 7 nitrogen and oxygen atoms in total. The minimum Gasteiger partial charge on any atom is -0.338 e. The fourth-order valence-electron chi connectivity index (χ4n) is 2.79. The molecular formula is C19H18BrN3O4S. The van der Waals surface area contributed by atoms with Crippen molar-refractivity contribution in [1.29, 1.82) is 0 Å². The third-order valence-corrected chi connectivity index (χ3v) is 6.22. The van der Waals surface area contributed by atoms with E-state index < -0.39 is 10.0 Å². The number of amides is 1. The fraction of sp³-hybridized carbons (Fsp3) is 0.158. The molecule has 0 aliphatic heterocycles. The van der Waals surface area contributed by atoms with Gasteiger partial charge in [-0.05, 0) is 49.9 Å². The Bertz CT molecular complexity index is 1240. The molecule has 0 fully saturated rings. The first kappa shape index (κ1) is 20.2. The Morgan fingerprint density at radius 3 is 2.61 bits per heavy atom. The molecule has 2 aromatic carbocycles. The second-order valence-corrected chi connectivity index (χ2v) is 9.00. The van der Waals surface area contributed by atoms with Gasteiger partial charge in [-0.15, -0.1) is 0 Å². The van der Waals surface area contributed by atoms with Gasteiger partial charge in [0, 0.05) is 27.8 Å². The summed E-state index contributed by atoms with van der Waals surface area (Å²) in [7, 11) is -2.29. The number of fused-ring (bicyclic) bond motifs is 1. The van der Waals surface area contributed by atoms with Crippen LogP contribution in [0.15, 0.2) is 62.8 Å². The van der Waals surface area contributed by atoms with Crippen molar-refractivity contribution in [3.8, 4) is 0 Å². The van der Waals surface area contributed by atoms with Crippen molar-refractivity contribution in [2.75, 3.05) is 12.4 Å². The van der Waals surface area contributed by atoms with E-state index in [0.717, 1.165) is 10.0 Å². The van der Waals surface area contributed by atoms with E-state index in [-0.39, 0.29) is 22.8 Å². The van der Waals surface area contributed by atoms with Crippen molar-refractivity contribution >= 4 is 48.5 Å². The summed E-state index contributed by atoms with van der Waals surface area (Å²) >= 11 is 3.34. The van der Waals surface area contributed by atoms with Gasteiger partial charge in [0.15, 0.2) is 5.43 Å². The third kappa shape index (κ3) is 4.16. The molecule has 1 heterocycles. The lowest BCUT2D eigenvalue weighted by atomic mass is 10.2. The zero-order valence-corrected chi connectivity index (χ0v) is 17.6. The first-order chi connectivity index (χ1) is 13.2. The highest BCUT2D eigenvalue weighted by Crippen LogP contribution is 2.21. The molecule has 0 bridgehead atoms. The summed E-state index contributed by atoms with van der Waals surface area (Å²) in [5.74, 6) is -0.338. The van der Waals surface area contributed by atoms with Crippen LogP contribution in [0.2, 0.25) is 0 Å². The zero-order valence-electron chi connectivity index (χ0n) is 15.2. The van der Waals surface area contributed by atoms with Crippen LogP contribution in [-0.4, -0.2) is 25.9 Å². The van der Waals surface area contributed by atoms with Gasteiger partial charge in [-0.1, -0.05) is 22.0 Å². The number of aromatic nitrogens is 1. The number of nitrogens with zero attached hydrogens (tertiary/aromatic N) is 1. The smallest absolute Gasteiger partial charge is 0.244 e. The molecule has 9 heteroatoms. The number of carbonyl (C=O) groups excluding carboxylic acids is 1. The van der Waals surface area contributed by atoms with Crippen molar-refractivity contribution in [1.82, 2.24) is 9.29 Å².